The summed E-state index contributed by atoms with van der Waals surface area (Å²) in [5.74, 6) is 0. The summed E-state index contributed by atoms with van der Waals surface area (Å²) in [7, 11) is -3.20. The maximum atomic E-state index is 12.5. The summed E-state index contributed by atoms with van der Waals surface area (Å²) >= 11 is 0. The maximum absolute atomic E-state index is 12.5. The van der Waals surface area contributed by atoms with E-state index in [2.05, 4.69) is 17.5 Å². The largest absolute Gasteiger partial charge is 0.332 e. The van der Waals surface area contributed by atoms with Crippen LogP contribution in [0.5, 0.6) is 0 Å². The second-order valence-electron chi connectivity index (χ2n) is 7.66. The summed E-state index contributed by atoms with van der Waals surface area (Å²) in [6.07, 6.45) is 14.3. The van der Waals surface area contributed by atoms with E-state index in [0.29, 0.717) is 13.1 Å². The van der Waals surface area contributed by atoms with Crippen molar-refractivity contribution in [1.82, 2.24) is 14.5 Å². The third kappa shape index (κ3) is 4.76. The van der Waals surface area contributed by atoms with Gasteiger partial charge in [-0.1, -0.05) is 18.6 Å². The maximum Gasteiger partial charge on any atom is 0.317 e. The number of rotatable bonds is 4. The van der Waals surface area contributed by atoms with Gasteiger partial charge in [0.25, 0.3) is 0 Å². The minimum Gasteiger partial charge on any atom is -0.332 e. The van der Waals surface area contributed by atoms with Crippen molar-refractivity contribution in [3.63, 3.8) is 0 Å². The number of urea groups is 1. The Hall–Kier alpha value is -1.08. The van der Waals surface area contributed by atoms with E-state index in [9.17, 15) is 13.2 Å². The number of nitrogens with one attached hydrogen (secondary N) is 1. The molecule has 2 atom stereocenters. The number of carbonyl (C=O) groups excluding carboxylic acids is 1. The third-order valence-electron chi connectivity index (χ3n) is 5.73. The molecule has 3 aliphatic rings. The van der Waals surface area contributed by atoms with Gasteiger partial charge in [0.05, 0.1) is 6.26 Å². The van der Waals surface area contributed by atoms with E-state index in [1.54, 1.807) is 4.31 Å². The van der Waals surface area contributed by atoms with Crippen molar-refractivity contribution >= 4 is 16.1 Å². The van der Waals surface area contributed by atoms with Gasteiger partial charge in [-0.05, 0) is 51.4 Å². The molecule has 0 bridgehead atoms. The minimum absolute atomic E-state index is 0.00764. The fraction of sp³-hybridized carbons (Fsp3) is 0.833. The molecule has 0 unspecified atom stereocenters. The van der Waals surface area contributed by atoms with Gasteiger partial charge in [0.15, 0.2) is 0 Å². The molecule has 0 aromatic carbocycles. The van der Waals surface area contributed by atoms with Crippen molar-refractivity contribution in [2.75, 3.05) is 19.3 Å². The molecule has 6 nitrogen and oxygen atoms in total. The Morgan fingerprint density at radius 2 is 1.76 bits per heavy atom. The van der Waals surface area contributed by atoms with Gasteiger partial charge < -0.3 is 10.2 Å². The monoisotopic (exact) mass is 369 g/mol. The van der Waals surface area contributed by atoms with Crippen LogP contribution in [0.3, 0.4) is 0 Å². The van der Waals surface area contributed by atoms with E-state index >= 15 is 0 Å². The van der Waals surface area contributed by atoms with Crippen LogP contribution in [0.25, 0.3) is 0 Å². The predicted molar refractivity (Wildman–Crippen MR) is 98.8 cm³/mol. The molecule has 0 spiro atoms. The highest BCUT2D eigenvalue weighted by atomic mass is 32.2. The molecular formula is C18H31N3O3S. The average Bonchev–Trinajstić information content (AvgIpc) is 2.76. The lowest BCUT2D eigenvalue weighted by Gasteiger charge is -2.40. The highest BCUT2D eigenvalue weighted by molar-refractivity contribution is 7.88. The van der Waals surface area contributed by atoms with E-state index < -0.39 is 10.0 Å². The molecule has 7 heteroatoms. The number of allylic oxidation sites excluding steroid dienone is 1. The van der Waals surface area contributed by atoms with E-state index in [-0.39, 0.29) is 24.2 Å². The Bertz CT molecular complexity index is 601. The molecule has 1 N–H and O–H groups in total. The van der Waals surface area contributed by atoms with E-state index in [4.69, 9.17) is 0 Å². The molecule has 0 aromatic rings. The van der Waals surface area contributed by atoms with E-state index in [0.717, 1.165) is 57.8 Å². The number of hydrogen-bond acceptors (Lipinski definition) is 3. The lowest BCUT2D eigenvalue weighted by Crippen LogP contribution is -2.50. The van der Waals surface area contributed by atoms with Crippen LogP contribution in [-0.2, 0) is 10.0 Å². The van der Waals surface area contributed by atoms with Gasteiger partial charge in [0.2, 0.25) is 10.0 Å². The first-order valence-corrected chi connectivity index (χ1v) is 11.5. The van der Waals surface area contributed by atoms with Crippen molar-refractivity contribution in [2.24, 2.45) is 0 Å². The van der Waals surface area contributed by atoms with Gasteiger partial charge in [-0.15, -0.1) is 0 Å². The van der Waals surface area contributed by atoms with Gasteiger partial charge in [-0.3, -0.25) is 0 Å². The summed E-state index contributed by atoms with van der Waals surface area (Å²) in [5, 5.41) is 3.10. The number of nitrogens with zero attached hydrogens (tertiary/aromatic N) is 2. The van der Waals surface area contributed by atoms with Crippen LogP contribution in [-0.4, -0.2) is 61.1 Å². The lowest BCUT2D eigenvalue weighted by molar-refractivity contribution is 0.161. The lowest BCUT2D eigenvalue weighted by atomic mass is 9.91. The molecule has 142 valence electrons. The molecule has 2 aliphatic carbocycles. The smallest absolute Gasteiger partial charge is 0.317 e. The minimum atomic E-state index is -3.20. The van der Waals surface area contributed by atoms with Crippen LogP contribution in [0.15, 0.2) is 12.2 Å². The summed E-state index contributed by atoms with van der Waals surface area (Å²) in [5.41, 5.74) is 0. The first kappa shape index (κ1) is 18.7. The number of carbonyl (C=O) groups is 1. The number of sulfonamides is 1. The van der Waals surface area contributed by atoms with Crippen LogP contribution in [0.1, 0.15) is 57.8 Å². The fourth-order valence-electron chi connectivity index (χ4n) is 4.20. The molecule has 2 fully saturated rings. The number of likely N-dealkylation sites (tertiary alicyclic amines) is 1. The van der Waals surface area contributed by atoms with Crippen LogP contribution in [0.4, 0.5) is 4.79 Å². The molecular weight excluding hydrogens is 338 g/mol. The second-order valence-corrected chi connectivity index (χ2v) is 9.55. The Morgan fingerprint density at radius 3 is 2.36 bits per heavy atom. The molecule has 1 saturated heterocycles. The summed E-state index contributed by atoms with van der Waals surface area (Å²) in [4.78, 5) is 14.4. The Balaban J connectivity index is 1.58. The zero-order chi connectivity index (χ0) is 17.9. The summed E-state index contributed by atoms with van der Waals surface area (Å²) < 4.78 is 26.3. The molecule has 2 amide bonds. The topological polar surface area (TPSA) is 69.7 Å². The Morgan fingerprint density at radius 1 is 1.04 bits per heavy atom. The molecule has 1 aliphatic heterocycles. The number of amides is 2. The standard InChI is InChI=1S/C18H31N3O3S/c1-25(23,24)21(16-9-5-10-16)17-11-6-13-20(14-12-17)18(22)19-15-7-3-2-4-8-15/h3,7,15-17H,2,4-6,8-14H2,1H3,(H,19,22)/t15-,17-/m0/s1. The third-order valence-corrected chi connectivity index (χ3v) is 7.09. The molecule has 3 rings (SSSR count). The average molecular weight is 370 g/mol. The predicted octanol–water partition coefficient (Wildman–Crippen LogP) is 2.47. The van der Waals surface area contributed by atoms with Crippen molar-refractivity contribution in [3.8, 4) is 0 Å². The molecule has 1 saturated carbocycles. The zero-order valence-corrected chi connectivity index (χ0v) is 16.0. The van der Waals surface area contributed by atoms with E-state index in [1.165, 1.54) is 6.26 Å². The number of hydrogen-bond donors (Lipinski definition) is 1. The molecule has 0 aromatic heterocycles. The molecule has 25 heavy (non-hydrogen) atoms. The fourth-order valence-corrected chi connectivity index (χ4v) is 5.70. The quantitative estimate of drug-likeness (QED) is 0.774. The van der Waals surface area contributed by atoms with Crippen molar-refractivity contribution < 1.29 is 13.2 Å². The van der Waals surface area contributed by atoms with Gasteiger partial charge >= 0.3 is 6.03 Å². The zero-order valence-electron chi connectivity index (χ0n) is 15.2. The van der Waals surface area contributed by atoms with Gasteiger partial charge in [-0.25, -0.2) is 13.2 Å². The van der Waals surface area contributed by atoms with Crippen molar-refractivity contribution in [2.45, 2.75) is 75.9 Å². The summed E-state index contributed by atoms with van der Waals surface area (Å²) in [6.45, 7) is 1.34. The first-order valence-electron chi connectivity index (χ1n) is 9.66. The van der Waals surface area contributed by atoms with Crippen molar-refractivity contribution in [3.05, 3.63) is 12.2 Å². The normalized spacial score (nSPS) is 28.5. The second kappa shape index (κ2) is 8.08. The Kier molecular flexibility index (Phi) is 6.04. The highest BCUT2D eigenvalue weighted by Crippen LogP contribution is 2.31. The van der Waals surface area contributed by atoms with Crippen molar-refractivity contribution in [1.29, 1.82) is 0 Å². The highest BCUT2D eigenvalue weighted by Gasteiger charge is 2.37. The molecule has 0 radical (unpaired) electrons. The van der Waals surface area contributed by atoms with Crippen LogP contribution in [0, 0.1) is 0 Å². The SMILES string of the molecule is CS(=O)(=O)N(C1CCC1)[C@H]1CCCN(C(=O)N[C@H]2C=CCCC2)CC1. The van der Waals surface area contributed by atoms with Crippen LogP contribution >= 0.6 is 0 Å². The first-order chi connectivity index (χ1) is 11.9. The van der Waals surface area contributed by atoms with Gasteiger partial charge in [0, 0.05) is 31.2 Å². The van der Waals surface area contributed by atoms with Crippen LogP contribution in [0.2, 0.25) is 0 Å². The van der Waals surface area contributed by atoms with Gasteiger partial charge in [0.1, 0.15) is 0 Å². The summed E-state index contributed by atoms with van der Waals surface area (Å²) in [6, 6.07) is 0.343. The van der Waals surface area contributed by atoms with Crippen LogP contribution < -0.4 is 5.32 Å². The Labute approximate surface area is 151 Å². The molecule has 1 heterocycles. The van der Waals surface area contributed by atoms with E-state index in [1.807, 2.05) is 4.90 Å². The van der Waals surface area contributed by atoms with Gasteiger partial charge in [-0.2, -0.15) is 4.31 Å².